The van der Waals surface area contributed by atoms with Gasteiger partial charge in [0.15, 0.2) is 6.20 Å². The second-order valence-electron chi connectivity index (χ2n) is 10.7. The summed E-state index contributed by atoms with van der Waals surface area (Å²) in [6.07, 6.45) is 5.90. The summed E-state index contributed by atoms with van der Waals surface area (Å²) in [6, 6.07) is 11.2. The zero-order valence-electron chi connectivity index (χ0n) is 19.7. The van der Waals surface area contributed by atoms with Gasteiger partial charge in [0.2, 0.25) is 11.6 Å². The van der Waals surface area contributed by atoms with Gasteiger partial charge in [0.25, 0.3) is 0 Å². The van der Waals surface area contributed by atoms with Crippen molar-refractivity contribution < 1.29 is 29.0 Å². The fourth-order valence-electron chi connectivity index (χ4n) is 7.19. The lowest BCUT2D eigenvalue weighted by Crippen LogP contribution is -2.61. The molecule has 2 N–H and O–H groups in total. The number of carbonyl (C=O) groups excluding carboxylic acids is 2. The quantitative estimate of drug-likeness (QED) is 0.359. The summed E-state index contributed by atoms with van der Waals surface area (Å²) in [5.74, 6) is -1.02. The number of methoxy groups -OCH3 is 1. The number of nitrogens with one attached hydrogen (secondary N) is 1. The third-order valence-corrected chi connectivity index (χ3v) is 8.28. The van der Waals surface area contributed by atoms with Crippen molar-refractivity contribution in [3.8, 4) is 11.3 Å². The van der Waals surface area contributed by atoms with Crippen molar-refractivity contribution in [2.24, 2.45) is 22.7 Å². The van der Waals surface area contributed by atoms with E-state index in [1.54, 1.807) is 42.5 Å². The van der Waals surface area contributed by atoms with Gasteiger partial charge >= 0.3 is 11.9 Å². The second kappa shape index (κ2) is 8.66. The van der Waals surface area contributed by atoms with Crippen LogP contribution in [0.1, 0.15) is 44.1 Å². The molecule has 184 valence electrons. The third-order valence-electron chi connectivity index (χ3n) is 8.28. The number of amides is 1. The molecular formula is C27H30N2O6. The van der Waals surface area contributed by atoms with Gasteiger partial charge in [-0.15, -0.1) is 0 Å². The Morgan fingerprint density at radius 3 is 2.34 bits per heavy atom. The number of ether oxygens (including phenoxy) is 1. The molecule has 0 radical (unpaired) electrons. The highest BCUT2D eigenvalue weighted by Crippen LogP contribution is 2.65. The molecular weight excluding hydrogens is 448 g/mol. The summed E-state index contributed by atoms with van der Waals surface area (Å²) in [6.45, 7) is 0. The monoisotopic (exact) mass is 478 g/mol. The van der Waals surface area contributed by atoms with E-state index in [1.807, 2.05) is 0 Å². The number of carboxylic acid groups (broad SMARTS) is 1. The number of rotatable bonds is 7. The molecule has 4 bridgehead atoms. The number of benzene rings is 1. The lowest BCUT2D eigenvalue weighted by atomic mass is 9.44. The Morgan fingerprint density at radius 1 is 1.09 bits per heavy atom. The van der Waals surface area contributed by atoms with E-state index in [-0.39, 0.29) is 18.3 Å². The van der Waals surface area contributed by atoms with Gasteiger partial charge in [-0.2, -0.15) is 4.73 Å². The molecule has 4 aliphatic carbocycles. The highest BCUT2D eigenvalue weighted by Gasteiger charge is 2.63. The molecule has 0 spiro atoms. The van der Waals surface area contributed by atoms with Crippen LogP contribution in [-0.2, 0) is 25.5 Å². The van der Waals surface area contributed by atoms with Crippen molar-refractivity contribution in [3.63, 3.8) is 0 Å². The first-order valence-corrected chi connectivity index (χ1v) is 12.1. The highest BCUT2D eigenvalue weighted by molar-refractivity contribution is 5.89. The van der Waals surface area contributed by atoms with Crippen LogP contribution in [0, 0.1) is 27.9 Å². The molecule has 1 amide bonds. The summed E-state index contributed by atoms with van der Waals surface area (Å²) in [4.78, 5) is 38.3. The number of hydrogen-bond donors (Lipinski definition) is 2. The number of esters is 1. The maximum atomic E-state index is 13.6. The van der Waals surface area contributed by atoms with Gasteiger partial charge in [-0.05, 0) is 74.1 Å². The minimum absolute atomic E-state index is 0.124. The number of aliphatic carboxylic acids is 1. The molecule has 4 fully saturated rings. The molecule has 2 unspecified atom stereocenters. The van der Waals surface area contributed by atoms with Gasteiger partial charge in [0.1, 0.15) is 6.04 Å². The minimum atomic E-state index is -1.10. The van der Waals surface area contributed by atoms with E-state index in [0.717, 1.165) is 35.1 Å². The average Bonchev–Trinajstić information content (AvgIpc) is 2.83. The van der Waals surface area contributed by atoms with Gasteiger partial charge in [-0.3, -0.25) is 9.59 Å². The Balaban J connectivity index is 1.32. The van der Waals surface area contributed by atoms with Crippen molar-refractivity contribution in [3.05, 3.63) is 59.4 Å². The Hall–Kier alpha value is -3.42. The summed E-state index contributed by atoms with van der Waals surface area (Å²) in [7, 11) is 1.40. The molecule has 3 atom stereocenters. The number of carbonyl (C=O) groups is 3. The number of aromatic nitrogens is 1. The Labute approximate surface area is 203 Å². The van der Waals surface area contributed by atoms with Crippen LogP contribution in [0.25, 0.3) is 11.3 Å². The van der Waals surface area contributed by atoms with E-state index in [0.29, 0.717) is 36.8 Å². The van der Waals surface area contributed by atoms with E-state index >= 15 is 0 Å². The summed E-state index contributed by atoms with van der Waals surface area (Å²) >= 11 is 0. The standard InChI is InChI=1S/C27H30N2O6/c1-35-25(33)27-14-18-10-19(15-27)13-26(12-18,16-27)24(32)28-21(23(30)31)11-17-5-7-20(8-6-17)22-4-2-3-9-29(22)34/h2-9,18-19,21H,10-16H2,1H3,(H,28,32)(H,30,31)/t18?,19?,21-,26?,27?/m0/s1. The van der Waals surface area contributed by atoms with E-state index in [1.165, 1.54) is 13.3 Å². The van der Waals surface area contributed by atoms with E-state index in [2.05, 4.69) is 5.32 Å². The molecule has 4 aliphatic rings. The fraction of sp³-hybridized carbons (Fsp3) is 0.481. The van der Waals surface area contributed by atoms with Crippen LogP contribution in [0.3, 0.4) is 0 Å². The maximum absolute atomic E-state index is 13.6. The first kappa shape index (κ1) is 23.3. The highest BCUT2D eigenvalue weighted by atomic mass is 16.5. The van der Waals surface area contributed by atoms with Crippen molar-refractivity contribution in [1.29, 1.82) is 0 Å². The van der Waals surface area contributed by atoms with Crippen LogP contribution in [0.15, 0.2) is 48.7 Å². The number of nitrogens with zero attached hydrogens (tertiary/aromatic N) is 1. The average molecular weight is 479 g/mol. The van der Waals surface area contributed by atoms with Gasteiger partial charge < -0.3 is 20.4 Å². The summed E-state index contributed by atoms with van der Waals surface area (Å²) in [5.41, 5.74) is 0.627. The lowest BCUT2D eigenvalue weighted by molar-refractivity contribution is -0.593. The first-order valence-electron chi connectivity index (χ1n) is 12.1. The molecule has 4 saturated carbocycles. The smallest absolute Gasteiger partial charge is 0.326 e. The molecule has 1 aromatic carbocycles. The first-order chi connectivity index (χ1) is 16.7. The molecule has 8 heteroatoms. The van der Waals surface area contributed by atoms with E-state index in [9.17, 15) is 24.7 Å². The second-order valence-corrected chi connectivity index (χ2v) is 10.7. The zero-order valence-corrected chi connectivity index (χ0v) is 19.7. The SMILES string of the molecule is COC(=O)C12CC3CC(CC(C(=O)N[C@@H](Cc4ccc(-c5cccc[n+]5[O-])cc4)C(=O)O)(C3)C1)C2. The Bertz CT molecular complexity index is 1150. The predicted molar refractivity (Wildman–Crippen MR) is 126 cm³/mol. The fourth-order valence-corrected chi connectivity index (χ4v) is 7.19. The molecule has 2 aromatic rings. The number of carboxylic acids is 1. The minimum Gasteiger partial charge on any atom is -0.618 e. The zero-order chi connectivity index (χ0) is 24.8. The van der Waals surface area contributed by atoms with Gasteiger partial charge in [0.05, 0.1) is 17.9 Å². The van der Waals surface area contributed by atoms with Gasteiger partial charge in [-0.1, -0.05) is 12.1 Å². The normalized spacial score (nSPS) is 29.4. The summed E-state index contributed by atoms with van der Waals surface area (Å²) < 4.78 is 5.90. The van der Waals surface area contributed by atoms with Crippen LogP contribution in [-0.4, -0.2) is 36.1 Å². The molecule has 0 saturated heterocycles. The molecule has 1 heterocycles. The van der Waals surface area contributed by atoms with Crippen LogP contribution in [0.2, 0.25) is 0 Å². The maximum Gasteiger partial charge on any atom is 0.326 e. The molecule has 8 nitrogen and oxygen atoms in total. The van der Waals surface area contributed by atoms with E-state index < -0.39 is 22.8 Å². The topological polar surface area (TPSA) is 120 Å². The van der Waals surface area contributed by atoms with Crippen molar-refractivity contribution in [2.75, 3.05) is 7.11 Å². The van der Waals surface area contributed by atoms with Gasteiger partial charge in [0, 0.05) is 24.1 Å². The summed E-state index contributed by atoms with van der Waals surface area (Å²) in [5, 5.41) is 24.7. The van der Waals surface area contributed by atoms with Crippen molar-refractivity contribution in [2.45, 2.75) is 51.0 Å². The van der Waals surface area contributed by atoms with Crippen LogP contribution in [0.5, 0.6) is 0 Å². The molecule has 0 aliphatic heterocycles. The third kappa shape index (κ3) is 4.15. The van der Waals surface area contributed by atoms with Crippen LogP contribution < -0.4 is 10.0 Å². The van der Waals surface area contributed by atoms with Crippen molar-refractivity contribution in [1.82, 2.24) is 5.32 Å². The van der Waals surface area contributed by atoms with Crippen LogP contribution in [0.4, 0.5) is 0 Å². The van der Waals surface area contributed by atoms with Gasteiger partial charge in [-0.25, -0.2) is 4.79 Å². The number of pyridine rings is 1. The molecule has 35 heavy (non-hydrogen) atoms. The number of hydrogen-bond acceptors (Lipinski definition) is 5. The van der Waals surface area contributed by atoms with Crippen molar-refractivity contribution >= 4 is 17.8 Å². The lowest BCUT2D eigenvalue weighted by Gasteiger charge is -2.59. The van der Waals surface area contributed by atoms with E-state index in [4.69, 9.17) is 4.74 Å². The predicted octanol–water partition coefficient (Wildman–Crippen LogP) is 2.86. The Morgan fingerprint density at radius 2 is 1.74 bits per heavy atom. The largest absolute Gasteiger partial charge is 0.618 e. The molecule has 6 rings (SSSR count). The van der Waals surface area contributed by atoms with Crippen LogP contribution >= 0.6 is 0 Å². The Kier molecular flexibility index (Phi) is 5.77. The molecule has 1 aromatic heterocycles.